The summed E-state index contributed by atoms with van der Waals surface area (Å²) in [5, 5.41) is 5.22. The molecular formula is C18H21ClN7S+. The molecule has 9 heteroatoms. The standard InChI is InChI=1S/C18H20ClN7S/c1-14-3-4-15(11-16(14)19)25-12-22-26(18(25)27)13-23-7-9-24(10-8-23)17-20-5-2-6-21-17/h2-6,11-12H,7-10,13H2,1H3/p+1. The summed E-state index contributed by atoms with van der Waals surface area (Å²) < 4.78 is 4.46. The number of nitrogens with one attached hydrogen (secondary N) is 1. The molecule has 1 aromatic carbocycles. The van der Waals surface area contributed by atoms with E-state index < -0.39 is 0 Å². The Balaban J connectivity index is 1.43. The molecule has 3 heterocycles. The van der Waals surface area contributed by atoms with Crippen LogP contribution in [0.15, 0.2) is 43.0 Å². The molecule has 0 bridgehead atoms. The Morgan fingerprint density at radius 3 is 2.63 bits per heavy atom. The van der Waals surface area contributed by atoms with Gasteiger partial charge in [-0.3, -0.25) is 4.57 Å². The molecule has 1 N–H and O–H groups in total. The van der Waals surface area contributed by atoms with Crippen molar-refractivity contribution in [1.82, 2.24) is 24.3 Å². The predicted octanol–water partition coefficient (Wildman–Crippen LogP) is 1.52. The van der Waals surface area contributed by atoms with Crippen LogP contribution in [-0.4, -0.2) is 50.5 Å². The van der Waals surface area contributed by atoms with Crippen molar-refractivity contribution in [2.45, 2.75) is 13.6 Å². The maximum Gasteiger partial charge on any atom is 0.225 e. The van der Waals surface area contributed by atoms with Gasteiger partial charge in [0.25, 0.3) is 0 Å². The SMILES string of the molecule is Cc1ccc(-n2cnn(C[NH+]3CCN(c4ncccn4)CC3)c2=S)cc1Cl. The van der Waals surface area contributed by atoms with Crippen LogP contribution in [0.4, 0.5) is 5.95 Å². The summed E-state index contributed by atoms with van der Waals surface area (Å²) in [5.74, 6) is 0.800. The first-order chi connectivity index (χ1) is 13.1. The topological polar surface area (TPSA) is 56.2 Å². The number of aryl methyl sites for hydroxylation is 1. The van der Waals surface area contributed by atoms with Crippen LogP contribution in [0.5, 0.6) is 0 Å². The van der Waals surface area contributed by atoms with E-state index in [0.717, 1.165) is 55.1 Å². The largest absolute Gasteiger partial charge is 0.330 e. The summed E-state index contributed by atoms with van der Waals surface area (Å²) >= 11 is 11.9. The number of hydrogen-bond acceptors (Lipinski definition) is 5. The Kier molecular flexibility index (Phi) is 5.20. The van der Waals surface area contributed by atoms with Gasteiger partial charge in [0.1, 0.15) is 6.33 Å². The molecule has 1 aliphatic heterocycles. The molecule has 0 unspecified atom stereocenters. The summed E-state index contributed by atoms with van der Waals surface area (Å²) in [6.45, 7) is 6.54. The van der Waals surface area contributed by atoms with Gasteiger partial charge in [-0.25, -0.2) is 9.97 Å². The molecule has 0 spiro atoms. The zero-order valence-electron chi connectivity index (χ0n) is 15.0. The van der Waals surface area contributed by atoms with Gasteiger partial charge >= 0.3 is 0 Å². The lowest BCUT2D eigenvalue weighted by molar-refractivity contribution is -0.924. The monoisotopic (exact) mass is 402 g/mol. The molecule has 1 fully saturated rings. The fraction of sp³-hybridized carbons (Fsp3) is 0.333. The van der Waals surface area contributed by atoms with E-state index >= 15 is 0 Å². The molecule has 0 saturated carbocycles. The molecule has 0 atom stereocenters. The third-order valence-electron chi connectivity index (χ3n) is 4.85. The van der Waals surface area contributed by atoms with Crippen molar-refractivity contribution >= 4 is 29.8 Å². The third-order valence-corrected chi connectivity index (χ3v) is 5.66. The van der Waals surface area contributed by atoms with Crippen molar-refractivity contribution in [3.63, 3.8) is 0 Å². The second kappa shape index (κ2) is 7.75. The Labute approximate surface area is 167 Å². The van der Waals surface area contributed by atoms with Gasteiger partial charge in [0.15, 0.2) is 6.67 Å². The lowest BCUT2D eigenvalue weighted by Gasteiger charge is -2.31. The maximum atomic E-state index is 6.25. The van der Waals surface area contributed by atoms with E-state index in [1.807, 2.05) is 40.4 Å². The van der Waals surface area contributed by atoms with Crippen molar-refractivity contribution in [2.75, 3.05) is 31.1 Å². The maximum absolute atomic E-state index is 6.25. The van der Waals surface area contributed by atoms with Crippen LogP contribution in [0.1, 0.15) is 5.56 Å². The Morgan fingerprint density at radius 2 is 1.93 bits per heavy atom. The molecule has 1 aliphatic rings. The average molecular weight is 403 g/mol. The Hall–Kier alpha value is -2.29. The molecular weight excluding hydrogens is 382 g/mol. The first kappa shape index (κ1) is 18.1. The van der Waals surface area contributed by atoms with Crippen LogP contribution < -0.4 is 9.80 Å². The minimum atomic E-state index is 0.677. The molecule has 27 heavy (non-hydrogen) atoms. The molecule has 4 rings (SSSR count). The summed E-state index contributed by atoms with van der Waals surface area (Å²) in [5.41, 5.74) is 1.98. The van der Waals surface area contributed by atoms with E-state index in [0.29, 0.717) is 4.77 Å². The molecule has 140 valence electrons. The van der Waals surface area contributed by atoms with Crippen molar-refractivity contribution in [2.24, 2.45) is 0 Å². The normalized spacial score (nSPS) is 15.3. The van der Waals surface area contributed by atoms with E-state index in [2.05, 4.69) is 20.0 Å². The zero-order valence-corrected chi connectivity index (χ0v) is 16.6. The highest BCUT2D eigenvalue weighted by molar-refractivity contribution is 7.71. The quantitative estimate of drug-likeness (QED) is 0.670. The molecule has 3 aromatic rings. The summed E-state index contributed by atoms with van der Waals surface area (Å²) in [6, 6.07) is 7.76. The predicted molar refractivity (Wildman–Crippen MR) is 107 cm³/mol. The summed E-state index contributed by atoms with van der Waals surface area (Å²) in [6.07, 6.45) is 5.33. The van der Waals surface area contributed by atoms with Crippen molar-refractivity contribution < 1.29 is 4.90 Å². The van der Waals surface area contributed by atoms with Crippen LogP contribution in [-0.2, 0) is 6.67 Å². The second-order valence-corrected chi connectivity index (χ2v) is 7.43. The summed E-state index contributed by atoms with van der Waals surface area (Å²) in [7, 11) is 0. The van der Waals surface area contributed by atoms with Gasteiger partial charge in [0.2, 0.25) is 10.7 Å². The molecule has 2 aromatic heterocycles. The molecule has 0 radical (unpaired) electrons. The fourth-order valence-corrected chi connectivity index (χ4v) is 3.64. The highest BCUT2D eigenvalue weighted by Gasteiger charge is 2.22. The number of halogens is 1. The first-order valence-electron chi connectivity index (χ1n) is 8.88. The van der Waals surface area contributed by atoms with Gasteiger partial charge in [0, 0.05) is 17.4 Å². The average Bonchev–Trinajstić information content (AvgIpc) is 3.06. The second-order valence-electron chi connectivity index (χ2n) is 6.66. The molecule has 0 amide bonds. The molecule has 0 aliphatic carbocycles. The highest BCUT2D eigenvalue weighted by Crippen LogP contribution is 2.19. The van der Waals surface area contributed by atoms with Crippen LogP contribution >= 0.6 is 23.8 Å². The van der Waals surface area contributed by atoms with E-state index in [1.165, 1.54) is 4.90 Å². The zero-order chi connectivity index (χ0) is 18.8. The van der Waals surface area contributed by atoms with E-state index in [4.69, 9.17) is 23.8 Å². The van der Waals surface area contributed by atoms with Gasteiger partial charge in [-0.15, -0.1) is 0 Å². The Morgan fingerprint density at radius 1 is 1.19 bits per heavy atom. The van der Waals surface area contributed by atoms with Crippen LogP contribution in [0.25, 0.3) is 5.69 Å². The van der Waals surface area contributed by atoms with Gasteiger partial charge in [-0.05, 0) is 42.9 Å². The lowest BCUT2D eigenvalue weighted by atomic mass is 10.2. The number of nitrogens with zero attached hydrogens (tertiary/aromatic N) is 6. The number of rotatable bonds is 4. The van der Waals surface area contributed by atoms with Gasteiger partial charge < -0.3 is 9.80 Å². The van der Waals surface area contributed by atoms with E-state index in [-0.39, 0.29) is 0 Å². The number of hydrogen-bond donors (Lipinski definition) is 1. The minimum Gasteiger partial charge on any atom is -0.330 e. The van der Waals surface area contributed by atoms with Crippen molar-refractivity contribution in [3.05, 3.63) is 58.3 Å². The highest BCUT2D eigenvalue weighted by atomic mass is 35.5. The van der Waals surface area contributed by atoms with Crippen LogP contribution in [0, 0.1) is 11.7 Å². The Bertz CT molecular complexity index is 977. The first-order valence-corrected chi connectivity index (χ1v) is 9.67. The smallest absolute Gasteiger partial charge is 0.225 e. The van der Waals surface area contributed by atoms with Gasteiger partial charge in [-0.2, -0.15) is 9.78 Å². The van der Waals surface area contributed by atoms with E-state index in [9.17, 15) is 0 Å². The minimum absolute atomic E-state index is 0.677. The number of quaternary nitrogens is 1. The van der Waals surface area contributed by atoms with Crippen LogP contribution in [0.3, 0.4) is 0 Å². The van der Waals surface area contributed by atoms with Crippen molar-refractivity contribution in [1.29, 1.82) is 0 Å². The van der Waals surface area contributed by atoms with Crippen molar-refractivity contribution in [3.8, 4) is 5.69 Å². The number of piperazine rings is 1. The number of benzene rings is 1. The summed E-state index contributed by atoms with van der Waals surface area (Å²) in [4.78, 5) is 12.3. The molecule has 1 saturated heterocycles. The molecule has 7 nitrogen and oxygen atoms in total. The third kappa shape index (κ3) is 3.87. The number of anilines is 1. The van der Waals surface area contributed by atoms with E-state index in [1.54, 1.807) is 18.7 Å². The lowest BCUT2D eigenvalue weighted by Crippen LogP contribution is -3.14. The van der Waals surface area contributed by atoms with Gasteiger partial charge in [-0.1, -0.05) is 17.7 Å². The van der Waals surface area contributed by atoms with Crippen LogP contribution in [0.2, 0.25) is 5.02 Å². The van der Waals surface area contributed by atoms with Gasteiger partial charge in [0.05, 0.1) is 31.9 Å². The fourth-order valence-electron chi connectivity index (χ4n) is 3.20. The number of aromatic nitrogens is 5.